The van der Waals surface area contributed by atoms with E-state index in [2.05, 4.69) is 24.1 Å². The first-order valence-electron chi connectivity index (χ1n) is 6.28. The van der Waals surface area contributed by atoms with Crippen LogP contribution >= 0.6 is 0 Å². The summed E-state index contributed by atoms with van der Waals surface area (Å²) in [4.78, 5) is 2.58. The van der Waals surface area contributed by atoms with Crippen LogP contribution < -0.4 is 5.32 Å². The third kappa shape index (κ3) is 4.09. The van der Waals surface area contributed by atoms with E-state index in [9.17, 15) is 0 Å². The summed E-state index contributed by atoms with van der Waals surface area (Å²) in [5.41, 5.74) is 0. The fourth-order valence-electron chi connectivity index (χ4n) is 2.37. The summed E-state index contributed by atoms with van der Waals surface area (Å²) in [7, 11) is 1.78. The number of nitrogens with one attached hydrogen (secondary N) is 1. The zero-order valence-corrected chi connectivity index (χ0v) is 10.5. The van der Waals surface area contributed by atoms with Crippen molar-refractivity contribution in [2.45, 2.75) is 45.2 Å². The molecule has 2 atom stereocenters. The lowest BCUT2D eigenvalue weighted by Gasteiger charge is -2.25. The van der Waals surface area contributed by atoms with Crippen LogP contribution in [-0.4, -0.2) is 50.3 Å². The zero-order chi connectivity index (χ0) is 11.1. The summed E-state index contributed by atoms with van der Waals surface area (Å²) in [6.07, 6.45) is 3.86. The maximum absolute atomic E-state index is 5.19. The van der Waals surface area contributed by atoms with Crippen LogP contribution in [0, 0.1) is 0 Å². The fraction of sp³-hybridized carbons (Fsp3) is 1.00. The lowest BCUT2D eigenvalue weighted by atomic mass is 10.2. The highest BCUT2D eigenvalue weighted by molar-refractivity contribution is 4.81. The van der Waals surface area contributed by atoms with E-state index in [1.54, 1.807) is 7.11 Å². The van der Waals surface area contributed by atoms with E-state index in [4.69, 9.17) is 4.74 Å². The van der Waals surface area contributed by atoms with Crippen LogP contribution in [0.3, 0.4) is 0 Å². The van der Waals surface area contributed by atoms with Gasteiger partial charge >= 0.3 is 0 Å². The van der Waals surface area contributed by atoms with Crippen LogP contribution in [0.5, 0.6) is 0 Å². The number of ether oxygens (including phenoxy) is 1. The van der Waals surface area contributed by atoms with Crippen molar-refractivity contribution in [1.29, 1.82) is 0 Å². The molecule has 1 aliphatic rings. The maximum atomic E-state index is 5.19. The van der Waals surface area contributed by atoms with Gasteiger partial charge in [-0.15, -0.1) is 0 Å². The molecule has 3 heteroatoms. The Morgan fingerprint density at radius 3 is 2.87 bits per heavy atom. The minimum absolute atomic E-state index is 0.523. The molecule has 1 rings (SSSR count). The van der Waals surface area contributed by atoms with Crippen molar-refractivity contribution in [2.24, 2.45) is 0 Å². The monoisotopic (exact) mass is 214 g/mol. The molecule has 0 saturated carbocycles. The smallest absolute Gasteiger partial charge is 0.0615 e. The van der Waals surface area contributed by atoms with Crippen molar-refractivity contribution in [2.75, 3.05) is 33.4 Å². The molecule has 0 aromatic rings. The van der Waals surface area contributed by atoms with Crippen molar-refractivity contribution in [3.8, 4) is 0 Å². The normalized spacial score (nSPS) is 24.6. The lowest BCUT2D eigenvalue weighted by molar-refractivity contribution is 0.157. The molecule has 3 nitrogen and oxygen atoms in total. The molecule has 1 N–H and O–H groups in total. The van der Waals surface area contributed by atoms with Gasteiger partial charge in [0.1, 0.15) is 0 Å². The first-order chi connectivity index (χ1) is 7.31. The van der Waals surface area contributed by atoms with E-state index in [0.717, 1.165) is 25.6 Å². The van der Waals surface area contributed by atoms with Gasteiger partial charge in [0, 0.05) is 25.7 Å². The van der Waals surface area contributed by atoms with Crippen molar-refractivity contribution in [3.63, 3.8) is 0 Å². The third-order valence-electron chi connectivity index (χ3n) is 3.41. The average molecular weight is 214 g/mol. The highest BCUT2D eigenvalue weighted by Gasteiger charge is 2.23. The highest BCUT2D eigenvalue weighted by Crippen LogP contribution is 2.15. The first kappa shape index (κ1) is 12.9. The van der Waals surface area contributed by atoms with Crippen molar-refractivity contribution in [3.05, 3.63) is 0 Å². The number of methoxy groups -OCH3 is 1. The van der Waals surface area contributed by atoms with Crippen molar-refractivity contribution in [1.82, 2.24) is 10.2 Å². The largest absolute Gasteiger partial charge is 0.383 e. The Bertz CT molecular complexity index is 164. The predicted molar refractivity (Wildman–Crippen MR) is 64.2 cm³/mol. The standard InChI is InChI=1S/C12H26N2O/c1-4-11(10-15-3)13-9-12-7-6-8-14(12)5-2/h11-13H,4-10H2,1-3H3. The molecule has 0 aromatic heterocycles. The number of nitrogens with zero attached hydrogens (tertiary/aromatic N) is 1. The topological polar surface area (TPSA) is 24.5 Å². The number of hydrogen-bond acceptors (Lipinski definition) is 3. The summed E-state index contributed by atoms with van der Waals surface area (Å²) >= 11 is 0. The minimum Gasteiger partial charge on any atom is -0.383 e. The van der Waals surface area contributed by atoms with Crippen molar-refractivity contribution < 1.29 is 4.74 Å². The molecule has 15 heavy (non-hydrogen) atoms. The average Bonchev–Trinajstić information content (AvgIpc) is 2.71. The Hall–Kier alpha value is -0.120. The Morgan fingerprint density at radius 2 is 2.27 bits per heavy atom. The first-order valence-corrected chi connectivity index (χ1v) is 6.28. The van der Waals surface area contributed by atoms with Gasteiger partial charge < -0.3 is 10.1 Å². The van der Waals surface area contributed by atoms with Crippen LogP contribution in [0.1, 0.15) is 33.1 Å². The molecule has 0 spiro atoms. The van der Waals surface area contributed by atoms with Gasteiger partial charge in [-0.3, -0.25) is 4.90 Å². The summed E-state index contributed by atoms with van der Waals surface area (Å²) in [5.74, 6) is 0. The van der Waals surface area contributed by atoms with Crippen LogP contribution in [0.15, 0.2) is 0 Å². The fourth-order valence-corrected chi connectivity index (χ4v) is 2.37. The molecular formula is C12H26N2O. The summed E-state index contributed by atoms with van der Waals surface area (Å²) < 4.78 is 5.19. The molecule has 0 bridgehead atoms. The molecule has 0 amide bonds. The molecule has 1 heterocycles. The second-order valence-electron chi connectivity index (χ2n) is 4.39. The molecule has 0 aliphatic carbocycles. The molecule has 0 aromatic carbocycles. The van der Waals surface area contributed by atoms with E-state index in [0.29, 0.717) is 6.04 Å². The van der Waals surface area contributed by atoms with E-state index in [1.165, 1.54) is 25.9 Å². The second kappa shape index (κ2) is 7.20. The summed E-state index contributed by atoms with van der Waals surface area (Å²) in [6.45, 7) is 8.89. The van der Waals surface area contributed by atoms with E-state index in [1.807, 2.05) is 0 Å². The SMILES string of the molecule is CCC(COC)NCC1CCCN1CC. The lowest BCUT2D eigenvalue weighted by Crippen LogP contribution is -2.43. The van der Waals surface area contributed by atoms with E-state index in [-0.39, 0.29) is 0 Å². The summed E-state index contributed by atoms with van der Waals surface area (Å²) in [5, 5.41) is 3.61. The van der Waals surface area contributed by atoms with Gasteiger partial charge in [0.15, 0.2) is 0 Å². The van der Waals surface area contributed by atoms with E-state index < -0.39 is 0 Å². The third-order valence-corrected chi connectivity index (χ3v) is 3.41. The van der Waals surface area contributed by atoms with Crippen LogP contribution in [-0.2, 0) is 4.74 Å². The second-order valence-corrected chi connectivity index (χ2v) is 4.39. The Labute approximate surface area is 94.2 Å². The molecule has 1 aliphatic heterocycles. The van der Waals surface area contributed by atoms with Gasteiger partial charge in [0.2, 0.25) is 0 Å². The molecular weight excluding hydrogens is 188 g/mol. The van der Waals surface area contributed by atoms with Gasteiger partial charge in [0.25, 0.3) is 0 Å². The number of hydrogen-bond donors (Lipinski definition) is 1. The quantitative estimate of drug-likeness (QED) is 0.695. The number of rotatable bonds is 7. The number of likely N-dealkylation sites (tertiary alicyclic amines) is 1. The van der Waals surface area contributed by atoms with Gasteiger partial charge in [-0.2, -0.15) is 0 Å². The predicted octanol–water partition coefficient (Wildman–Crippen LogP) is 1.49. The molecule has 0 radical (unpaired) electrons. The van der Waals surface area contributed by atoms with Crippen LogP contribution in [0.25, 0.3) is 0 Å². The van der Waals surface area contributed by atoms with Crippen LogP contribution in [0.4, 0.5) is 0 Å². The molecule has 1 saturated heterocycles. The van der Waals surface area contributed by atoms with Crippen LogP contribution in [0.2, 0.25) is 0 Å². The van der Waals surface area contributed by atoms with Gasteiger partial charge in [-0.05, 0) is 32.4 Å². The van der Waals surface area contributed by atoms with E-state index >= 15 is 0 Å². The highest BCUT2D eigenvalue weighted by atomic mass is 16.5. The molecule has 90 valence electrons. The Morgan fingerprint density at radius 1 is 1.47 bits per heavy atom. The Kier molecular flexibility index (Phi) is 6.22. The van der Waals surface area contributed by atoms with Gasteiger partial charge in [-0.25, -0.2) is 0 Å². The maximum Gasteiger partial charge on any atom is 0.0615 e. The molecule has 2 unspecified atom stereocenters. The van der Waals surface area contributed by atoms with Gasteiger partial charge in [-0.1, -0.05) is 13.8 Å². The zero-order valence-electron chi connectivity index (χ0n) is 10.5. The Balaban J connectivity index is 2.22. The minimum atomic E-state index is 0.523. The van der Waals surface area contributed by atoms with Crippen molar-refractivity contribution >= 4 is 0 Å². The summed E-state index contributed by atoms with van der Waals surface area (Å²) in [6, 6.07) is 1.27. The molecule has 1 fully saturated rings. The number of likely N-dealkylation sites (N-methyl/N-ethyl adjacent to an activating group) is 1. The van der Waals surface area contributed by atoms with Gasteiger partial charge in [0.05, 0.1) is 6.61 Å².